The summed E-state index contributed by atoms with van der Waals surface area (Å²) in [5, 5.41) is 26.3. The van der Waals surface area contributed by atoms with Gasteiger partial charge < -0.3 is 20.5 Å². The molecular weight excluding hydrogens is 502 g/mol. The Morgan fingerprint density at radius 3 is 2.65 bits per heavy atom. The number of aromatic nitrogens is 1. The standard InChI is InChI=1S/C33H35N3O4/c1-23(38)32-29(22-37)31(33(39)34-18-17-27-20-35-30-16-6-5-15-28(27)30)36(40-32)21-26-14-8-13-25(19-26)12-7-11-24-9-3-2-4-10-24/h2-6,8-10,13-16,19-20,23,29,31-32,35,37-38H,11,17-18,21-22H2,1H3,(H,34,39)/t23-,29-,31-,32-/m0/s1. The fourth-order valence-electron chi connectivity index (χ4n) is 5.34. The van der Waals surface area contributed by atoms with Crippen molar-refractivity contribution >= 4 is 16.8 Å². The molecule has 0 bridgehead atoms. The minimum Gasteiger partial charge on any atom is -0.396 e. The number of hydrogen-bond donors (Lipinski definition) is 4. The molecule has 1 aliphatic heterocycles. The summed E-state index contributed by atoms with van der Waals surface area (Å²) in [4.78, 5) is 22.8. The molecule has 4 aromatic rings. The molecule has 3 aromatic carbocycles. The molecule has 0 radical (unpaired) electrons. The molecule has 0 unspecified atom stereocenters. The summed E-state index contributed by atoms with van der Waals surface area (Å²) in [6, 6.07) is 25.3. The maximum atomic E-state index is 13.5. The van der Waals surface area contributed by atoms with Crippen molar-refractivity contribution in [1.29, 1.82) is 0 Å². The van der Waals surface area contributed by atoms with Gasteiger partial charge in [0.25, 0.3) is 0 Å². The highest BCUT2D eigenvalue weighted by atomic mass is 16.7. The lowest BCUT2D eigenvalue weighted by Gasteiger charge is -2.24. The van der Waals surface area contributed by atoms with Crippen molar-refractivity contribution in [2.75, 3.05) is 13.2 Å². The molecule has 4 N–H and O–H groups in total. The van der Waals surface area contributed by atoms with E-state index >= 15 is 0 Å². The molecule has 1 aliphatic rings. The van der Waals surface area contributed by atoms with E-state index in [1.54, 1.807) is 12.0 Å². The second kappa shape index (κ2) is 12.9. The number of aliphatic hydroxyl groups excluding tert-OH is 2. The minimum atomic E-state index is -0.848. The van der Waals surface area contributed by atoms with Crippen LogP contribution >= 0.6 is 0 Å². The lowest BCUT2D eigenvalue weighted by Crippen LogP contribution is -2.48. The van der Waals surface area contributed by atoms with Crippen molar-refractivity contribution in [2.24, 2.45) is 5.92 Å². The number of para-hydroxylation sites is 1. The van der Waals surface area contributed by atoms with E-state index in [0.29, 0.717) is 25.9 Å². The lowest BCUT2D eigenvalue weighted by molar-refractivity contribution is -0.192. The third kappa shape index (κ3) is 6.44. The number of nitrogens with zero attached hydrogens (tertiary/aromatic N) is 1. The Morgan fingerprint density at radius 2 is 1.85 bits per heavy atom. The van der Waals surface area contributed by atoms with Crippen LogP contribution < -0.4 is 5.32 Å². The largest absolute Gasteiger partial charge is 0.396 e. The zero-order chi connectivity index (χ0) is 27.9. The summed E-state index contributed by atoms with van der Waals surface area (Å²) in [6.45, 7) is 2.09. The van der Waals surface area contributed by atoms with Gasteiger partial charge in [0, 0.05) is 41.5 Å². The second-order valence-corrected chi connectivity index (χ2v) is 10.2. The number of carbonyl (C=O) groups excluding carboxylic acids is 1. The Balaban J connectivity index is 1.27. The van der Waals surface area contributed by atoms with Gasteiger partial charge in [-0.2, -0.15) is 5.06 Å². The van der Waals surface area contributed by atoms with E-state index in [1.165, 1.54) is 0 Å². The average Bonchev–Trinajstić information content (AvgIpc) is 3.55. The van der Waals surface area contributed by atoms with Crippen molar-refractivity contribution in [2.45, 2.75) is 44.6 Å². The normalized spacial score (nSPS) is 19.7. The first kappa shape index (κ1) is 27.6. The van der Waals surface area contributed by atoms with Gasteiger partial charge in [-0.15, -0.1) is 0 Å². The van der Waals surface area contributed by atoms with Crippen LogP contribution in [0.15, 0.2) is 85.1 Å². The number of hydrogen-bond acceptors (Lipinski definition) is 5. The van der Waals surface area contributed by atoms with Gasteiger partial charge in [0.05, 0.1) is 19.3 Å². The summed E-state index contributed by atoms with van der Waals surface area (Å²) in [6.07, 6.45) is 1.76. The third-order valence-electron chi connectivity index (χ3n) is 7.35. The Bertz CT molecular complexity index is 1490. The smallest absolute Gasteiger partial charge is 0.240 e. The molecule has 1 amide bonds. The first-order valence-corrected chi connectivity index (χ1v) is 13.7. The number of H-pyrrole nitrogens is 1. The molecule has 7 nitrogen and oxygen atoms in total. The molecule has 1 fully saturated rings. The molecule has 0 spiro atoms. The number of amides is 1. The van der Waals surface area contributed by atoms with Crippen LogP contribution in [-0.4, -0.2) is 57.6 Å². The van der Waals surface area contributed by atoms with Crippen molar-refractivity contribution in [3.63, 3.8) is 0 Å². The van der Waals surface area contributed by atoms with E-state index in [9.17, 15) is 15.0 Å². The maximum Gasteiger partial charge on any atom is 0.240 e. The Morgan fingerprint density at radius 1 is 1.07 bits per heavy atom. The Kier molecular flexibility index (Phi) is 8.94. The molecule has 2 heterocycles. The maximum absolute atomic E-state index is 13.5. The van der Waals surface area contributed by atoms with Crippen LogP contribution in [-0.2, 0) is 29.0 Å². The van der Waals surface area contributed by atoms with Gasteiger partial charge in [0.1, 0.15) is 12.1 Å². The van der Waals surface area contributed by atoms with Crippen molar-refractivity contribution in [3.05, 3.63) is 107 Å². The van der Waals surface area contributed by atoms with Crippen molar-refractivity contribution in [1.82, 2.24) is 15.4 Å². The van der Waals surface area contributed by atoms with E-state index in [1.807, 2.05) is 66.9 Å². The van der Waals surface area contributed by atoms with Crippen molar-refractivity contribution < 1.29 is 19.8 Å². The van der Waals surface area contributed by atoms with Crippen LogP contribution in [0.3, 0.4) is 0 Å². The molecule has 40 heavy (non-hydrogen) atoms. The SMILES string of the molecule is C[C@H](O)[C@@H]1ON(Cc2cccc(C#CCc3ccccc3)c2)[C@H](C(=O)NCCc2c[nH]c3ccccc23)[C@@H]1CO. The Labute approximate surface area is 234 Å². The van der Waals surface area contributed by atoms with E-state index in [2.05, 4.69) is 40.3 Å². The number of benzene rings is 3. The van der Waals surface area contributed by atoms with Gasteiger partial charge in [-0.25, -0.2) is 0 Å². The summed E-state index contributed by atoms with van der Waals surface area (Å²) < 4.78 is 0. The summed E-state index contributed by atoms with van der Waals surface area (Å²) >= 11 is 0. The number of nitrogens with one attached hydrogen (secondary N) is 2. The van der Waals surface area contributed by atoms with E-state index in [4.69, 9.17) is 4.84 Å². The van der Waals surface area contributed by atoms with Gasteiger partial charge in [0.15, 0.2) is 0 Å². The van der Waals surface area contributed by atoms with Gasteiger partial charge >= 0.3 is 0 Å². The Hall–Kier alpha value is -3.93. The summed E-state index contributed by atoms with van der Waals surface area (Å²) in [7, 11) is 0. The lowest BCUT2D eigenvalue weighted by atomic mass is 9.92. The van der Waals surface area contributed by atoms with Gasteiger partial charge in [-0.1, -0.05) is 72.5 Å². The molecule has 7 heteroatoms. The van der Waals surface area contributed by atoms with Crippen LogP contribution in [0.2, 0.25) is 0 Å². The highest BCUT2D eigenvalue weighted by Gasteiger charge is 2.48. The molecule has 1 aromatic heterocycles. The van der Waals surface area contributed by atoms with Crippen LogP contribution in [0.4, 0.5) is 0 Å². The zero-order valence-corrected chi connectivity index (χ0v) is 22.6. The van der Waals surface area contributed by atoms with E-state index in [0.717, 1.165) is 33.2 Å². The first-order chi connectivity index (χ1) is 19.5. The van der Waals surface area contributed by atoms with Crippen molar-refractivity contribution in [3.8, 4) is 11.8 Å². The van der Waals surface area contributed by atoms with E-state index < -0.39 is 24.2 Å². The second-order valence-electron chi connectivity index (χ2n) is 10.2. The molecular formula is C33H35N3O4. The molecule has 1 saturated heterocycles. The zero-order valence-electron chi connectivity index (χ0n) is 22.6. The molecule has 0 saturated carbocycles. The van der Waals surface area contributed by atoms with E-state index in [-0.39, 0.29) is 12.5 Å². The topological polar surface area (TPSA) is 97.8 Å². The third-order valence-corrected chi connectivity index (χ3v) is 7.35. The molecule has 5 rings (SSSR count). The first-order valence-electron chi connectivity index (χ1n) is 13.7. The van der Waals surface area contributed by atoms with Gasteiger partial charge in [-0.3, -0.25) is 9.63 Å². The fraction of sp³-hybridized carbons (Fsp3) is 0.303. The fourth-order valence-corrected chi connectivity index (χ4v) is 5.34. The average molecular weight is 538 g/mol. The molecule has 206 valence electrons. The highest BCUT2D eigenvalue weighted by Crippen LogP contribution is 2.31. The van der Waals surface area contributed by atoms with Gasteiger partial charge in [-0.05, 0) is 48.2 Å². The molecule has 0 aliphatic carbocycles. The van der Waals surface area contributed by atoms with Crippen LogP contribution in [0.25, 0.3) is 10.9 Å². The minimum absolute atomic E-state index is 0.235. The number of aliphatic hydroxyl groups is 2. The predicted octanol–water partition coefficient (Wildman–Crippen LogP) is 3.59. The number of carbonyl (C=O) groups is 1. The number of rotatable bonds is 9. The summed E-state index contributed by atoms with van der Waals surface area (Å²) in [5.74, 6) is 5.64. The number of hydroxylamine groups is 2. The van der Waals surface area contributed by atoms with Gasteiger partial charge in [0.2, 0.25) is 5.91 Å². The predicted molar refractivity (Wildman–Crippen MR) is 155 cm³/mol. The summed E-state index contributed by atoms with van der Waals surface area (Å²) in [5.41, 5.74) is 5.14. The van der Waals surface area contributed by atoms with Crippen LogP contribution in [0, 0.1) is 17.8 Å². The van der Waals surface area contributed by atoms with Crippen LogP contribution in [0.1, 0.15) is 29.2 Å². The van der Waals surface area contributed by atoms with Crippen LogP contribution in [0.5, 0.6) is 0 Å². The quantitative estimate of drug-likeness (QED) is 0.245. The number of fused-ring (bicyclic) bond motifs is 1. The monoisotopic (exact) mass is 537 g/mol. The highest BCUT2D eigenvalue weighted by molar-refractivity contribution is 5.84. The molecule has 4 atom stereocenters. The number of aromatic amines is 1.